The average molecular weight is 186 g/mol. The van der Waals surface area contributed by atoms with Gasteiger partial charge < -0.3 is 0 Å². The Bertz CT molecular complexity index is 259. The van der Waals surface area contributed by atoms with Gasteiger partial charge in [-0.1, -0.05) is 5.02 Å². The molecule has 0 saturated carbocycles. The van der Waals surface area contributed by atoms with Crippen molar-refractivity contribution in [3.63, 3.8) is 0 Å². The maximum absolute atomic E-state index is 11.9. The summed E-state index contributed by atoms with van der Waals surface area (Å²) < 4.78 is 35.8. The Morgan fingerprint density at radius 2 is 1.92 bits per heavy atom. The monoisotopic (exact) mass is 186 g/mol. The zero-order valence-corrected chi connectivity index (χ0v) is 7.00. The van der Waals surface area contributed by atoms with E-state index >= 15 is 0 Å². The molecule has 12 heavy (non-hydrogen) atoms. The van der Waals surface area contributed by atoms with Crippen LogP contribution in [0.25, 0.3) is 0 Å². The fourth-order valence-corrected chi connectivity index (χ4v) is 0.869. The Morgan fingerprint density at radius 1 is 1.33 bits per heavy atom. The second-order valence-electron chi connectivity index (χ2n) is 1.90. The molecule has 0 heterocycles. The van der Waals surface area contributed by atoms with Crippen LogP contribution in [0.15, 0.2) is 18.2 Å². The van der Waals surface area contributed by atoms with Crippen molar-refractivity contribution in [1.82, 2.24) is 0 Å². The van der Waals surface area contributed by atoms with Crippen molar-refractivity contribution in [3.05, 3.63) is 34.9 Å². The molecule has 1 rings (SSSR count). The minimum atomic E-state index is -4.38. The number of halogens is 4. The van der Waals surface area contributed by atoms with Crippen LogP contribution in [0.2, 0.25) is 5.02 Å². The van der Waals surface area contributed by atoms with E-state index in [-0.39, 0.29) is 23.9 Å². The van der Waals surface area contributed by atoms with Gasteiger partial charge in [-0.15, -0.1) is 11.6 Å². The molecular formula is C7H3ClF3Li. The molecule has 0 saturated heterocycles. The van der Waals surface area contributed by atoms with E-state index in [1.165, 1.54) is 12.1 Å². The van der Waals surface area contributed by atoms with Crippen LogP contribution >= 0.6 is 11.6 Å². The molecule has 5 heteroatoms. The van der Waals surface area contributed by atoms with E-state index in [9.17, 15) is 13.2 Å². The van der Waals surface area contributed by atoms with Gasteiger partial charge in [0, 0.05) is 0 Å². The molecule has 60 valence electrons. The molecule has 0 spiro atoms. The summed E-state index contributed by atoms with van der Waals surface area (Å²) >= 11 is 5.23. The van der Waals surface area contributed by atoms with E-state index in [2.05, 4.69) is 6.07 Å². The zero-order chi connectivity index (χ0) is 8.48. The Kier molecular flexibility index (Phi) is 4.19. The van der Waals surface area contributed by atoms with Gasteiger partial charge in [0.15, 0.2) is 0 Å². The molecule has 1 aromatic carbocycles. The van der Waals surface area contributed by atoms with Crippen LogP contribution in [0.5, 0.6) is 0 Å². The van der Waals surface area contributed by atoms with Crippen LogP contribution in [0.4, 0.5) is 13.2 Å². The molecular weight excluding hydrogens is 183 g/mol. The van der Waals surface area contributed by atoms with Crippen LogP contribution in [0.1, 0.15) is 5.56 Å². The Morgan fingerprint density at radius 3 is 2.25 bits per heavy atom. The van der Waals surface area contributed by atoms with Crippen LogP contribution < -0.4 is 18.9 Å². The fourth-order valence-electron chi connectivity index (χ4n) is 0.635. The summed E-state index contributed by atoms with van der Waals surface area (Å²) in [6, 6.07) is 5.74. The second kappa shape index (κ2) is 4.22. The van der Waals surface area contributed by atoms with Crippen molar-refractivity contribution >= 4 is 11.6 Å². The molecule has 1 aromatic rings. The van der Waals surface area contributed by atoms with Crippen molar-refractivity contribution in [2.24, 2.45) is 0 Å². The average Bonchev–Trinajstić information content (AvgIpc) is 1.86. The SMILES string of the molecule is FC(F)(F)c1ccc[c-]c1Cl.[Li+]. The second-order valence-corrected chi connectivity index (χ2v) is 2.27. The number of hydrogen-bond donors (Lipinski definition) is 0. The van der Waals surface area contributed by atoms with E-state index in [1.54, 1.807) is 0 Å². The van der Waals surface area contributed by atoms with Gasteiger partial charge in [0.25, 0.3) is 0 Å². The minimum Gasteiger partial charge on any atom is -0.179 e. The largest absolute Gasteiger partial charge is 1.00 e. The number of rotatable bonds is 0. The van der Waals surface area contributed by atoms with Gasteiger partial charge in [0.1, 0.15) is 0 Å². The van der Waals surface area contributed by atoms with Gasteiger partial charge in [-0.25, -0.2) is 0 Å². The molecule has 0 unspecified atom stereocenters. The summed E-state index contributed by atoms with van der Waals surface area (Å²) in [5.74, 6) is 0. The van der Waals surface area contributed by atoms with Crippen molar-refractivity contribution in [2.75, 3.05) is 0 Å². The molecule has 0 fully saturated rings. The molecule has 0 aliphatic carbocycles. The van der Waals surface area contributed by atoms with Crippen molar-refractivity contribution in [3.8, 4) is 0 Å². The summed E-state index contributed by atoms with van der Waals surface area (Å²) in [6.45, 7) is 0. The Labute approximate surface area is 84.9 Å². The zero-order valence-electron chi connectivity index (χ0n) is 6.24. The van der Waals surface area contributed by atoms with Crippen LogP contribution in [0, 0.1) is 6.07 Å². The van der Waals surface area contributed by atoms with E-state index in [0.717, 1.165) is 6.07 Å². The van der Waals surface area contributed by atoms with Crippen LogP contribution in [-0.2, 0) is 6.18 Å². The predicted octanol–water partition coefficient (Wildman–Crippen LogP) is 0.163. The molecule has 0 atom stereocenters. The first kappa shape index (κ1) is 11.9. The number of hydrogen-bond acceptors (Lipinski definition) is 0. The third-order valence-corrected chi connectivity index (χ3v) is 1.42. The van der Waals surface area contributed by atoms with E-state index in [0.29, 0.717) is 0 Å². The van der Waals surface area contributed by atoms with Crippen molar-refractivity contribution < 1.29 is 32.0 Å². The first-order valence-corrected chi connectivity index (χ1v) is 3.13. The first-order valence-electron chi connectivity index (χ1n) is 2.75. The first-order chi connectivity index (χ1) is 5.02. The minimum absolute atomic E-state index is 0. The van der Waals surface area contributed by atoms with Gasteiger partial charge in [0.05, 0.1) is 0 Å². The molecule has 0 aliphatic heterocycles. The maximum atomic E-state index is 11.9. The summed E-state index contributed by atoms with van der Waals surface area (Å²) in [5, 5.41) is -0.389. The molecule has 0 amide bonds. The molecule has 0 aliphatic rings. The third kappa shape index (κ3) is 2.74. The molecule has 0 radical (unpaired) electrons. The summed E-state index contributed by atoms with van der Waals surface area (Å²) in [5.41, 5.74) is -0.846. The Hall–Kier alpha value is -0.103. The van der Waals surface area contributed by atoms with E-state index < -0.39 is 11.7 Å². The summed E-state index contributed by atoms with van der Waals surface area (Å²) in [7, 11) is 0. The van der Waals surface area contributed by atoms with Gasteiger partial charge in [-0.2, -0.15) is 37.4 Å². The van der Waals surface area contributed by atoms with Gasteiger partial charge in [-0.3, -0.25) is 0 Å². The van der Waals surface area contributed by atoms with Gasteiger partial charge >= 0.3 is 25.0 Å². The summed E-state index contributed by atoms with van der Waals surface area (Å²) in [6.07, 6.45) is -4.38. The molecule has 0 N–H and O–H groups in total. The third-order valence-electron chi connectivity index (χ3n) is 1.11. The van der Waals surface area contributed by atoms with Crippen LogP contribution in [0.3, 0.4) is 0 Å². The van der Waals surface area contributed by atoms with Gasteiger partial charge in [-0.05, 0) is 5.56 Å². The molecule has 0 nitrogen and oxygen atoms in total. The maximum Gasteiger partial charge on any atom is 1.00 e. The standard InChI is InChI=1S/C7H3ClF3.Li/c8-6-4-2-1-3-5(6)7(9,10)11;/h1-3H;/q-1;+1. The number of benzene rings is 1. The topological polar surface area (TPSA) is 0 Å². The Balaban J connectivity index is 0.00000121. The number of alkyl halides is 3. The smallest absolute Gasteiger partial charge is 0.179 e. The predicted molar refractivity (Wildman–Crippen MR) is 35.3 cm³/mol. The van der Waals surface area contributed by atoms with Crippen molar-refractivity contribution in [1.29, 1.82) is 0 Å². The van der Waals surface area contributed by atoms with Crippen molar-refractivity contribution in [2.45, 2.75) is 6.18 Å². The molecule has 0 bridgehead atoms. The van der Waals surface area contributed by atoms with E-state index in [4.69, 9.17) is 11.6 Å². The van der Waals surface area contributed by atoms with E-state index in [1.807, 2.05) is 0 Å². The fraction of sp³-hybridized carbons (Fsp3) is 0.143. The van der Waals surface area contributed by atoms with Gasteiger partial charge in [0.2, 0.25) is 0 Å². The summed E-state index contributed by atoms with van der Waals surface area (Å²) in [4.78, 5) is 0. The van der Waals surface area contributed by atoms with Crippen LogP contribution in [-0.4, -0.2) is 0 Å². The quantitative estimate of drug-likeness (QED) is 0.400. The normalized spacial score (nSPS) is 10.7. The molecule has 0 aromatic heterocycles.